The molecule has 2 aromatic rings. The van der Waals surface area contributed by atoms with Crippen molar-refractivity contribution in [2.45, 2.75) is 20.0 Å². The molecule has 106 valence electrons. The van der Waals surface area contributed by atoms with E-state index >= 15 is 0 Å². The van der Waals surface area contributed by atoms with Crippen LogP contribution < -0.4 is 4.74 Å². The minimum atomic E-state index is -4.50. The molecule has 6 heteroatoms. The van der Waals surface area contributed by atoms with Crippen molar-refractivity contribution in [1.82, 2.24) is 4.98 Å². The molecule has 0 radical (unpaired) electrons. The van der Waals surface area contributed by atoms with Gasteiger partial charge >= 0.3 is 6.18 Å². The SMILES string of the molecule is Cc1cc(Oc2ncccc2C(F)(F)F)cc(C)c1Br. The molecule has 0 amide bonds. The van der Waals surface area contributed by atoms with Crippen LogP contribution in [0.3, 0.4) is 0 Å². The minimum Gasteiger partial charge on any atom is -0.438 e. The maximum Gasteiger partial charge on any atom is 0.421 e. The second-order valence-corrected chi connectivity index (χ2v) is 5.12. The Kier molecular flexibility index (Phi) is 4.04. The Hall–Kier alpha value is -1.56. The lowest BCUT2D eigenvalue weighted by molar-refractivity contribution is -0.138. The molecule has 1 aromatic carbocycles. The highest BCUT2D eigenvalue weighted by molar-refractivity contribution is 9.10. The monoisotopic (exact) mass is 345 g/mol. The van der Waals surface area contributed by atoms with Gasteiger partial charge in [0, 0.05) is 10.7 Å². The van der Waals surface area contributed by atoms with Crippen LogP contribution >= 0.6 is 15.9 Å². The van der Waals surface area contributed by atoms with Crippen molar-refractivity contribution in [3.63, 3.8) is 0 Å². The molecule has 2 rings (SSSR count). The van der Waals surface area contributed by atoms with Gasteiger partial charge in [0.05, 0.1) is 0 Å². The number of hydrogen-bond donors (Lipinski definition) is 0. The van der Waals surface area contributed by atoms with Crippen molar-refractivity contribution in [2.24, 2.45) is 0 Å². The highest BCUT2D eigenvalue weighted by Crippen LogP contribution is 2.37. The molecular formula is C14H11BrF3NO. The van der Waals surface area contributed by atoms with Crippen LogP contribution in [0.15, 0.2) is 34.9 Å². The van der Waals surface area contributed by atoms with Gasteiger partial charge in [-0.25, -0.2) is 4.98 Å². The average Bonchev–Trinajstić information content (AvgIpc) is 2.35. The van der Waals surface area contributed by atoms with Gasteiger partial charge in [-0.1, -0.05) is 15.9 Å². The molecular weight excluding hydrogens is 335 g/mol. The molecule has 0 aliphatic carbocycles. The first-order chi connectivity index (χ1) is 9.29. The number of rotatable bonds is 2. The smallest absolute Gasteiger partial charge is 0.421 e. The molecule has 1 aromatic heterocycles. The van der Waals surface area contributed by atoms with E-state index in [1.807, 2.05) is 13.8 Å². The molecule has 0 unspecified atom stereocenters. The van der Waals surface area contributed by atoms with E-state index in [2.05, 4.69) is 20.9 Å². The average molecular weight is 346 g/mol. The molecule has 0 bridgehead atoms. The number of nitrogens with zero attached hydrogens (tertiary/aromatic N) is 1. The van der Waals surface area contributed by atoms with Crippen LogP contribution in [0, 0.1) is 13.8 Å². The molecule has 0 spiro atoms. The summed E-state index contributed by atoms with van der Waals surface area (Å²) in [5, 5.41) is 0. The van der Waals surface area contributed by atoms with Crippen molar-refractivity contribution >= 4 is 15.9 Å². The molecule has 0 saturated heterocycles. The Morgan fingerprint density at radius 1 is 1.15 bits per heavy atom. The Labute approximate surface area is 122 Å². The number of ether oxygens (including phenoxy) is 1. The molecule has 0 N–H and O–H groups in total. The lowest BCUT2D eigenvalue weighted by Crippen LogP contribution is -2.08. The summed E-state index contributed by atoms with van der Waals surface area (Å²) in [6, 6.07) is 5.49. The van der Waals surface area contributed by atoms with Crippen LogP contribution in [-0.2, 0) is 6.18 Å². The van der Waals surface area contributed by atoms with Gasteiger partial charge in [-0.3, -0.25) is 0 Å². The highest BCUT2D eigenvalue weighted by Gasteiger charge is 2.35. The summed E-state index contributed by atoms with van der Waals surface area (Å²) in [5.41, 5.74) is 0.868. The summed E-state index contributed by atoms with van der Waals surface area (Å²) in [5.74, 6) is -0.117. The fourth-order valence-electron chi connectivity index (χ4n) is 1.76. The van der Waals surface area contributed by atoms with Crippen molar-refractivity contribution in [2.75, 3.05) is 0 Å². The standard InChI is InChI=1S/C14H11BrF3NO/c1-8-6-10(7-9(2)12(8)15)20-13-11(14(16,17)18)4-3-5-19-13/h3-7H,1-2H3. The number of alkyl halides is 3. The second-order valence-electron chi connectivity index (χ2n) is 4.33. The van der Waals surface area contributed by atoms with Gasteiger partial charge in [-0.15, -0.1) is 0 Å². The molecule has 1 heterocycles. The number of aryl methyl sites for hydroxylation is 2. The zero-order chi connectivity index (χ0) is 14.9. The molecule has 20 heavy (non-hydrogen) atoms. The Balaban J connectivity index is 2.41. The van der Waals surface area contributed by atoms with E-state index in [0.29, 0.717) is 5.75 Å². The first kappa shape index (κ1) is 14.8. The zero-order valence-corrected chi connectivity index (χ0v) is 12.3. The second kappa shape index (κ2) is 5.44. The van der Waals surface area contributed by atoms with E-state index in [-0.39, 0.29) is 0 Å². The summed E-state index contributed by atoms with van der Waals surface area (Å²) >= 11 is 3.39. The summed E-state index contributed by atoms with van der Waals surface area (Å²) in [6.45, 7) is 3.68. The number of aromatic nitrogens is 1. The third kappa shape index (κ3) is 3.12. The van der Waals surface area contributed by atoms with Gasteiger partial charge in [-0.2, -0.15) is 13.2 Å². The topological polar surface area (TPSA) is 22.1 Å². The number of halogens is 4. The number of hydrogen-bond acceptors (Lipinski definition) is 2. The van der Waals surface area contributed by atoms with Gasteiger partial charge < -0.3 is 4.74 Å². The maximum atomic E-state index is 12.8. The number of benzene rings is 1. The van der Waals surface area contributed by atoms with Crippen LogP contribution in [0.4, 0.5) is 13.2 Å². The van der Waals surface area contributed by atoms with Gasteiger partial charge in [0.15, 0.2) is 0 Å². The fraction of sp³-hybridized carbons (Fsp3) is 0.214. The van der Waals surface area contributed by atoms with Gasteiger partial charge in [-0.05, 0) is 49.2 Å². The van der Waals surface area contributed by atoms with E-state index in [1.165, 1.54) is 12.3 Å². The molecule has 0 atom stereocenters. The van der Waals surface area contributed by atoms with E-state index < -0.39 is 17.6 Å². The summed E-state index contributed by atoms with van der Waals surface area (Å²) in [4.78, 5) is 3.67. The van der Waals surface area contributed by atoms with Crippen molar-refractivity contribution < 1.29 is 17.9 Å². The van der Waals surface area contributed by atoms with E-state index in [0.717, 1.165) is 21.7 Å². The van der Waals surface area contributed by atoms with Crippen LogP contribution in [0.1, 0.15) is 16.7 Å². The molecule has 0 saturated carbocycles. The van der Waals surface area contributed by atoms with Gasteiger partial charge in [0.2, 0.25) is 5.88 Å². The molecule has 0 aliphatic heterocycles. The lowest BCUT2D eigenvalue weighted by Gasteiger charge is -2.13. The third-order valence-electron chi connectivity index (χ3n) is 2.70. The largest absolute Gasteiger partial charge is 0.438 e. The number of pyridine rings is 1. The molecule has 0 aliphatic rings. The van der Waals surface area contributed by atoms with Crippen molar-refractivity contribution in [3.05, 3.63) is 51.6 Å². The zero-order valence-electron chi connectivity index (χ0n) is 10.8. The van der Waals surface area contributed by atoms with Gasteiger partial charge in [0.1, 0.15) is 11.3 Å². The van der Waals surface area contributed by atoms with E-state index in [1.54, 1.807) is 12.1 Å². The summed E-state index contributed by atoms with van der Waals surface area (Å²) in [6.07, 6.45) is -3.23. The normalized spacial score (nSPS) is 11.5. The Morgan fingerprint density at radius 3 is 2.30 bits per heavy atom. The highest BCUT2D eigenvalue weighted by atomic mass is 79.9. The lowest BCUT2D eigenvalue weighted by atomic mass is 10.1. The van der Waals surface area contributed by atoms with Crippen molar-refractivity contribution in [1.29, 1.82) is 0 Å². The predicted molar refractivity (Wildman–Crippen MR) is 72.9 cm³/mol. The van der Waals surface area contributed by atoms with Crippen LogP contribution in [0.25, 0.3) is 0 Å². The van der Waals surface area contributed by atoms with Crippen LogP contribution in [0.2, 0.25) is 0 Å². The summed E-state index contributed by atoms with van der Waals surface area (Å²) in [7, 11) is 0. The Bertz CT molecular complexity index is 618. The quantitative estimate of drug-likeness (QED) is 0.739. The third-order valence-corrected chi connectivity index (χ3v) is 3.95. The molecule has 2 nitrogen and oxygen atoms in total. The maximum absolute atomic E-state index is 12.8. The molecule has 0 fully saturated rings. The van der Waals surface area contributed by atoms with Gasteiger partial charge in [0.25, 0.3) is 0 Å². The van der Waals surface area contributed by atoms with Crippen LogP contribution in [0.5, 0.6) is 11.6 Å². The fourth-order valence-corrected chi connectivity index (χ4v) is 1.99. The van der Waals surface area contributed by atoms with E-state index in [9.17, 15) is 13.2 Å². The first-order valence-corrected chi connectivity index (χ1v) is 6.55. The minimum absolute atomic E-state index is 0.326. The Morgan fingerprint density at radius 2 is 1.75 bits per heavy atom. The predicted octanol–water partition coefficient (Wildman–Crippen LogP) is 5.27. The van der Waals surface area contributed by atoms with E-state index in [4.69, 9.17) is 4.74 Å². The first-order valence-electron chi connectivity index (χ1n) is 5.76. The van der Waals surface area contributed by atoms with Crippen molar-refractivity contribution in [3.8, 4) is 11.6 Å². The van der Waals surface area contributed by atoms with Crippen LogP contribution in [-0.4, -0.2) is 4.98 Å². The summed E-state index contributed by atoms with van der Waals surface area (Å²) < 4.78 is 44.7.